The van der Waals surface area contributed by atoms with Gasteiger partial charge in [-0.05, 0) is 18.4 Å². The molecule has 1 unspecified atom stereocenters. The van der Waals surface area contributed by atoms with Crippen molar-refractivity contribution >= 4 is 26.3 Å². The van der Waals surface area contributed by atoms with Crippen molar-refractivity contribution in [3.8, 4) is 0 Å². The molecule has 6 heteroatoms. The zero-order valence-corrected chi connectivity index (χ0v) is 13.4. The molecule has 2 rings (SSSR count). The van der Waals surface area contributed by atoms with Gasteiger partial charge in [0.05, 0.1) is 6.04 Å². The van der Waals surface area contributed by atoms with Crippen molar-refractivity contribution in [2.45, 2.75) is 32.7 Å². The van der Waals surface area contributed by atoms with Crippen molar-refractivity contribution in [2.75, 3.05) is 0 Å². The van der Waals surface area contributed by atoms with E-state index in [4.69, 9.17) is 0 Å². The summed E-state index contributed by atoms with van der Waals surface area (Å²) in [5.41, 5.74) is 3.48. The molecular weight excluding hydrogens is 274 g/mol. The molecule has 1 saturated heterocycles. The molecule has 0 bridgehead atoms. The maximum Gasteiger partial charge on any atom is 0.248 e. The van der Waals surface area contributed by atoms with Crippen LogP contribution in [0.5, 0.6) is 0 Å². The second-order valence-corrected chi connectivity index (χ2v) is 5.99. The van der Waals surface area contributed by atoms with Gasteiger partial charge >= 0.3 is 0 Å². The molecule has 2 aliphatic heterocycles. The summed E-state index contributed by atoms with van der Waals surface area (Å²) < 4.78 is 0. The van der Waals surface area contributed by atoms with Crippen molar-refractivity contribution in [1.29, 1.82) is 0 Å². The average Bonchev–Trinajstić information content (AvgIpc) is 2.87. The molecule has 22 heavy (non-hydrogen) atoms. The molecule has 0 aliphatic carbocycles. The van der Waals surface area contributed by atoms with Gasteiger partial charge in [-0.3, -0.25) is 14.9 Å². The number of imide groups is 1. The third-order valence-electron chi connectivity index (χ3n) is 4.27. The first-order valence-electron chi connectivity index (χ1n) is 7.78. The highest BCUT2D eigenvalue weighted by molar-refractivity contribution is 7.05. The second-order valence-electron chi connectivity index (χ2n) is 5.99. The Balaban J connectivity index is 2.34. The van der Waals surface area contributed by atoms with Crippen LogP contribution in [0.25, 0.3) is 0 Å². The lowest BCUT2D eigenvalue weighted by molar-refractivity contribution is -0.135. The number of allylic oxidation sites excluding steroid dienone is 5. The number of nitrogens with zero attached hydrogens (tertiary/aromatic N) is 1. The maximum atomic E-state index is 12.1. The number of amides is 2. The summed E-state index contributed by atoms with van der Waals surface area (Å²) in [5.74, 6) is -0.000432. The first kappa shape index (κ1) is 16.4. The lowest BCUT2D eigenvalue weighted by Crippen LogP contribution is -2.52. The van der Waals surface area contributed by atoms with Crippen molar-refractivity contribution in [2.24, 2.45) is 5.92 Å². The largest absolute Gasteiger partial charge is 0.416 e. The fraction of sp³-hybridized carbons (Fsp3) is 0.375. The van der Waals surface area contributed by atoms with Crippen LogP contribution in [0, 0.1) is 5.92 Å². The Morgan fingerprint density at radius 1 is 1.41 bits per heavy atom. The zero-order chi connectivity index (χ0) is 16.3. The number of piperidine rings is 1. The average molecular weight is 296 g/mol. The Morgan fingerprint density at radius 3 is 2.68 bits per heavy atom. The van der Waals surface area contributed by atoms with E-state index in [2.05, 4.69) is 37.1 Å². The SMILES string of the molecule is C=C/C=C(\C1=C(C=C)N(C2CCC(=O)NC2=O)BB1)C(C)C. The third kappa shape index (κ3) is 3.11. The molecule has 2 heterocycles. The smallest absolute Gasteiger partial charge is 0.248 e. The lowest BCUT2D eigenvalue weighted by Gasteiger charge is -2.33. The van der Waals surface area contributed by atoms with E-state index in [0.717, 1.165) is 20.2 Å². The van der Waals surface area contributed by atoms with Crippen molar-refractivity contribution in [1.82, 2.24) is 10.1 Å². The standard InChI is InChI=1S/C16H22B2N2O2/c1-5-7-11(10(3)4)15-12(6-2)20(18-17-15)13-8-9-14(21)19-16(13)22/h5-7,10,13,17-18H,1-2,8-9H2,3-4H3,(H,19,21,22)/b11-7-. The van der Waals surface area contributed by atoms with Crippen LogP contribution in [-0.4, -0.2) is 37.1 Å². The molecule has 1 atom stereocenters. The second kappa shape index (κ2) is 6.86. The van der Waals surface area contributed by atoms with Crippen LogP contribution in [0.15, 0.2) is 48.1 Å². The maximum absolute atomic E-state index is 12.1. The Hall–Kier alpha value is -1.97. The van der Waals surface area contributed by atoms with Crippen LogP contribution >= 0.6 is 0 Å². The summed E-state index contributed by atoms with van der Waals surface area (Å²) in [6.07, 6.45) is 6.63. The monoisotopic (exact) mass is 296 g/mol. The van der Waals surface area contributed by atoms with Crippen LogP contribution in [0.1, 0.15) is 26.7 Å². The fourth-order valence-electron chi connectivity index (χ4n) is 3.26. The molecule has 0 aromatic rings. The minimum atomic E-state index is -0.277. The van der Waals surface area contributed by atoms with E-state index in [0.29, 0.717) is 18.8 Å². The number of hydrogen-bond donors (Lipinski definition) is 1. The third-order valence-corrected chi connectivity index (χ3v) is 4.27. The molecule has 4 nitrogen and oxygen atoms in total. The fourth-order valence-corrected chi connectivity index (χ4v) is 3.26. The molecule has 2 aliphatic rings. The summed E-state index contributed by atoms with van der Waals surface area (Å²) >= 11 is 0. The predicted octanol–water partition coefficient (Wildman–Crippen LogP) is 0.976. The van der Waals surface area contributed by atoms with Crippen molar-refractivity contribution in [3.63, 3.8) is 0 Å². The van der Waals surface area contributed by atoms with Crippen molar-refractivity contribution < 1.29 is 9.59 Å². The summed E-state index contributed by atoms with van der Waals surface area (Å²) in [6.45, 7) is 12.0. The van der Waals surface area contributed by atoms with Gasteiger partial charge in [-0.25, -0.2) is 0 Å². The van der Waals surface area contributed by atoms with Crippen LogP contribution in [0.3, 0.4) is 0 Å². The number of carbonyl (C=O) groups excluding carboxylic acids is 2. The normalized spacial score (nSPS) is 22.4. The quantitative estimate of drug-likeness (QED) is 0.467. The molecule has 2 amide bonds. The van der Waals surface area contributed by atoms with Gasteiger partial charge in [0.1, 0.15) is 0 Å². The highest BCUT2D eigenvalue weighted by atomic mass is 16.2. The minimum absolute atomic E-state index is 0.181. The highest BCUT2D eigenvalue weighted by Gasteiger charge is 2.36. The molecule has 0 saturated carbocycles. The van der Waals surface area contributed by atoms with Gasteiger partial charge in [0.25, 0.3) is 0 Å². The van der Waals surface area contributed by atoms with Crippen LogP contribution in [-0.2, 0) is 9.59 Å². The molecule has 1 N–H and O–H groups in total. The summed E-state index contributed by atoms with van der Waals surface area (Å²) in [6, 6.07) is -0.277. The van der Waals surface area contributed by atoms with Gasteiger partial charge in [0, 0.05) is 12.1 Å². The van der Waals surface area contributed by atoms with E-state index in [-0.39, 0.29) is 17.9 Å². The van der Waals surface area contributed by atoms with Crippen LogP contribution in [0.4, 0.5) is 0 Å². The van der Waals surface area contributed by atoms with E-state index in [9.17, 15) is 9.59 Å². The van der Waals surface area contributed by atoms with E-state index in [1.165, 1.54) is 11.0 Å². The predicted molar refractivity (Wildman–Crippen MR) is 92.6 cm³/mol. The van der Waals surface area contributed by atoms with Gasteiger partial charge < -0.3 is 4.81 Å². The molecule has 1 fully saturated rings. The Labute approximate surface area is 133 Å². The zero-order valence-electron chi connectivity index (χ0n) is 13.4. The van der Waals surface area contributed by atoms with Crippen LogP contribution in [0.2, 0.25) is 0 Å². The minimum Gasteiger partial charge on any atom is -0.416 e. The molecule has 0 aromatic heterocycles. The summed E-state index contributed by atoms with van der Waals surface area (Å²) in [5, 5.41) is 2.44. The summed E-state index contributed by atoms with van der Waals surface area (Å²) in [4.78, 5) is 25.5. The first-order valence-corrected chi connectivity index (χ1v) is 7.78. The van der Waals surface area contributed by atoms with E-state index < -0.39 is 0 Å². The topological polar surface area (TPSA) is 49.4 Å². The highest BCUT2D eigenvalue weighted by Crippen LogP contribution is 2.30. The van der Waals surface area contributed by atoms with E-state index >= 15 is 0 Å². The number of carbonyl (C=O) groups is 2. The molecule has 114 valence electrons. The molecular formula is C16H22B2N2O2. The Kier molecular flexibility index (Phi) is 5.11. The molecule has 0 radical (unpaired) electrons. The van der Waals surface area contributed by atoms with Gasteiger partial charge in [0.15, 0.2) is 7.17 Å². The molecule has 0 spiro atoms. The first-order chi connectivity index (χ1) is 10.5. The Bertz CT molecular complexity index is 579. The van der Waals surface area contributed by atoms with Crippen molar-refractivity contribution in [3.05, 3.63) is 48.1 Å². The van der Waals surface area contributed by atoms with Gasteiger partial charge in [-0.15, -0.1) is 0 Å². The van der Waals surface area contributed by atoms with Gasteiger partial charge in [-0.1, -0.05) is 50.2 Å². The van der Waals surface area contributed by atoms with Gasteiger partial charge in [-0.2, -0.15) is 0 Å². The number of hydrogen-bond acceptors (Lipinski definition) is 3. The van der Waals surface area contributed by atoms with E-state index in [1.807, 2.05) is 12.2 Å². The van der Waals surface area contributed by atoms with E-state index in [1.54, 1.807) is 6.08 Å². The lowest BCUT2D eigenvalue weighted by atomic mass is 9.43. The van der Waals surface area contributed by atoms with Gasteiger partial charge in [0.2, 0.25) is 19.1 Å². The number of nitrogens with one attached hydrogen (secondary N) is 1. The molecule has 0 aromatic carbocycles. The van der Waals surface area contributed by atoms with Crippen LogP contribution < -0.4 is 5.32 Å². The summed E-state index contributed by atoms with van der Waals surface area (Å²) in [7, 11) is 1.67. The number of rotatable bonds is 5. The Morgan fingerprint density at radius 2 is 2.14 bits per heavy atom.